The van der Waals surface area contributed by atoms with Crippen LogP contribution in [0.15, 0.2) is 36.4 Å². The molecule has 0 radical (unpaired) electrons. The Morgan fingerprint density at radius 3 is 2.76 bits per heavy atom. The van der Waals surface area contributed by atoms with Crippen molar-refractivity contribution >= 4 is 33.5 Å². The molecule has 2 rings (SSSR count). The Morgan fingerprint density at radius 2 is 2.06 bits per heavy atom. The molecule has 0 bridgehead atoms. The number of nitrogens with zero attached hydrogens (tertiary/aromatic N) is 1. The Labute approximate surface area is 117 Å². The van der Waals surface area contributed by atoms with Gasteiger partial charge < -0.3 is 4.57 Å². The van der Waals surface area contributed by atoms with Gasteiger partial charge in [-0.15, -0.1) is 6.58 Å². The molecule has 0 spiro atoms. The number of aryl methyl sites for hydroxylation is 2. The van der Waals surface area contributed by atoms with Crippen LogP contribution < -0.4 is 0 Å². The zero-order chi connectivity index (χ0) is 12.4. The maximum absolute atomic E-state index is 3.97. The monoisotopic (exact) mass is 339 g/mol. The first-order chi connectivity index (χ1) is 8.11. The minimum atomic E-state index is 1.08. The molecule has 0 amide bonds. The van der Waals surface area contributed by atoms with E-state index in [0.29, 0.717) is 0 Å². The molecule has 0 saturated carbocycles. The summed E-state index contributed by atoms with van der Waals surface area (Å²) in [5, 5.41) is 1.38. The average molecular weight is 339 g/mol. The van der Waals surface area contributed by atoms with Gasteiger partial charge in [0, 0.05) is 17.4 Å². The third-order valence-corrected chi connectivity index (χ3v) is 4.52. The van der Waals surface area contributed by atoms with Crippen LogP contribution >= 0.6 is 22.6 Å². The van der Waals surface area contributed by atoms with Gasteiger partial charge in [0.1, 0.15) is 0 Å². The number of rotatable bonds is 4. The Balaban J connectivity index is 2.33. The SMILES string of the molecule is C=C(C)CCCn1c(I)c(C)c2ccccc21. The summed E-state index contributed by atoms with van der Waals surface area (Å²) in [5.74, 6) is 0. The van der Waals surface area contributed by atoms with Crippen molar-refractivity contribution < 1.29 is 0 Å². The van der Waals surface area contributed by atoms with Crippen LogP contribution in [0.5, 0.6) is 0 Å². The fraction of sp³-hybridized carbons (Fsp3) is 0.333. The molecule has 0 fully saturated rings. The lowest BCUT2D eigenvalue weighted by Crippen LogP contribution is -2.00. The highest BCUT2D eigenvalue weighted by atomic mass is 127. The van der Waals surface area contributed by atoms with E-state index in [0.717, 1.165) is 13.0 Å². The van der Waals surface area contributed by atoms with Crippen molar-refractivity contribution in [3.05, 3.63) is 45.7 Å². The number of hydrogen-bond acceptors (Lipinski definition) is 0. The maximum Gasteiger partial charge on any atom is 0.0838 e. The molecule has 0 saturated heterocycles. The van der Waals surface area contributed by atoms with Crippen LogP contribution in [-0.4, -0.2) is 4.57 Å². The Hall–Kier alpha value is -0.770. The molecule has 0 aliphatic heterocycles. The number of para-hydroxylation sites is 1. The molecule has 0 unspecified atom stereocenters. The largest absolute Gasteiger partial charge is 0.336 e. The number of aromatic nitrogens is 1. The van der Waals surface area contributed by atoms with E-state index in [1.165, 1.54) is 32.2 Å². The standard InChI is InChI=1S/C15H18IN/c1-11(2)7-6-10-17-14-9-5-4-8-13(14)12(3)15(17)16/h4-5,8-9H,1,6-7,10H2,2-3H3. The number of hydrogen-bond donors (Lipinski definition) is 0. The van der Waals surface area contributed by atoms with Crippen molar-refractivity contribution in [2.45, 2.75) is 33.2 Å². The van der Waals surface area contributed by atoms with E-state index >= 15 is 0 Å². The fourth-order valence-electron chi connectivity index (χ4n) is 2.20. The molecule has 1 aromatic carbocycles. The van der Waals surface area contributed by atoms with E-state index in [1.807, 2.05) is 0 Å². The van der Waals surface area contributed by atoms with Gasteiger partial charge >= 0.3 is 0 Å². The molecule has 17 heavy (non-hydrogen) atoms. The average Bonchev–Trinajstić information content (AvgIpc) is 2.54. The lowest BCUT2D eigenvalue weighted by Gasteiger charge is -2.07. The van der Waals surface area contributed by atoms with Crippen molar-refractivity contribution in [3.63, 3.8) is 0 Å². The second-order valence-electron chi connectivity index (χ2n) is 4.65. The fourth-order valence-corrected chi connectivity index (χ4v) is 2.99. The number of halogens is 1. The molecular formula is C15H18IN. The highest BCUT2D eigenvalue weighted by molar-refractivity contribution is 14.1. The Morgan fingerprint density at radius 1 is 1.35 bits per heavy atom. The summed E-state index contributed by atoms with van der Waals surface area (Å²) in [6, 6.07) is 8.66. The van der Waals surface area contributed by atoms with Crippen LogP contribution in [0.25, 0.3) is 10.9 Å². The van der Waals surface area contributed by atoms with Crippen LogP contribution in [0.2, 0.25) is 0 Å². The molecule has 0 aliphatic carbocycles. The van der Waals surface area contributed by atoms with Gasteiger partial charge in [0.25, 0.3) is 0 Å². The van der Waals surface area contributed by atoms with Crippen LogP contribution in [0, 0.1) is 10.6 Å². The second-order valence-corrected chi connectivity index (χ2v) is 5.67. The van der Waals surface area contributed by atoms with Crippen LogP contribution in [-0.2, 0) is 6.54 Å². The molecule has 0 N–H and O–H groups in total. The quantitative estimate of drug-likeness (QED) is 0.551. The van der Waals surface area contributed by atoms with Gasteiger partial charge in [0.15, 0.2) is 0 Å². The molecule has 1 aromatic heterocycles. The van der Waals surface area contributed by atoms with Gasteiger partial charge in [0.2, 0.25) is 0 Å². The lowest BCUT2D eigenvalue weighted by molar-refractivity contribution is 0.648. The predicted octanol–water partition coefficient (Wildman–Crippen LogP) is 4.91. The van der Waals surface area contributed by atoms with Gasteiger partial charge in [0.05, 0.1) is 3.70 Å². The highest BCUT2D eigenvalue weighted by Gasteiger charge is 2.10. The molecule has 1 nitrogen and oxygen atoms in total. The molecular weight excluding hydrogens is 321 g/mol. The van der Waals surface area contributed by atoms with E-state index in [-0.39, 0.29) is 0 Å². The topological polar surface area (TPSA) is 4.93 Å². The summed E-state index contributed by atoms with van der Waals surface area (Å²) in [6.07, 6.45) is 2.28. The van der Waals surface area contributed by atoms with Crippen molar-refractivity contribution in [2.24, 2.45) is 0 Å². The summed E-state index contributed by atoms with van der Waals surface area (Å²) in [4.78, 5) is 0. The first-order valence-electron chi connectivity index (χ1n) is 5.99. The first-order valence-corrected chi connectivity index (χ1v) is 7.07. The summed E-state index contributed by atoms with van der Waals surface area (Å²) in [5.41, 5.74) is 4.03. The molecule has 90 valence electrons. The predicted molar refractivity (Wildman–Crippen MR) is 83.4 cm³/mol. The van der Waals surface area contributed by atoms with E-state index in [4.69, 9.17) is 0 Å². The van der Waals surface area contributed by atoms with E-state index in [2.05, 4.69) is 71.8 Å². The van der Waals surface area contributed by atoms with Crippen molar-refractivity contribution in [1.29, 1.82) is 0 Å². The zero-order valence-corrected chi connectivity index (χ0v) is 12.6. The molecule has 0 aliphatic rings. The van der Waals surface area contributed by atoms with E-state index < -0.39 is 0 Å². The number of benzene rings is 1. The molecule has 2 aromatic rings. The zero-order valence-electron chi connectivity index (χ0n) is 10.5. The van der Waals surface area contributed by atoms with Crippen LogP contribution in [0.1, 0.15) is 25.3 Å². The van der Waals surface area contributed by atoms with Gasteiger partial charge in [-0.1, -0.05) is 23.8 Å². The Bertz CT molecular complexity index is 551. The maximum atomic E-state index is 3.97. The van der Waals surface area contributed by atoms with Crippen molar-refractivity contribution in [1.82, 2.24) is 4.57 Å². The highest BCUT2D eigenvalue weighted by Crippen LogP contribution is 2.27. The smallest absolute Gasteiger partial charge is 0.0838 e. The molecule has 0 atom stereocenters. The number of allylic oxidation sites excluding steroid dienone is 1. The molecule has 1 heterocycles. The Kier molecular flexibility index (Phi) is 3.92. The summed E-state index contributed by atoms with van der Waals surface area (Å²) in [6.45, 7) is 9.36. The normalized spacial score (nSPS) is 11.0. The molecule has 2 heteroatoms. The first kappa shape index (κ1) is 12.7. The van der Waals surface area contributed by atoms with Crippen molar-refractivity contribution in [3.8, 4) is 0 Å². The van der Waals surface area contributed by atoms with E-state index in [1.54, 1.807) is 0 Å². The summed E-state index contributed by atoms with van der Waals surface area (Å²) < 4.78 is 3.79. The van der Waals surface area contributed by atoms with Gasteiger partial charge in [-0.05, 0) is 60.9 Å². The summed E-state index contributed by atoms with van der Waals surface area (Å²) in [7, 11) is 0. The lowest BCUT2D eigenvalue weighted by atomic mass is 10.2. The third kappa shape index (κ3) is 2.57. The minimum absolute atomic E-state index is 1.08. The second kappa shape index (κ2) is 5.25. The third-order valence-electron chi connectivity index (χ3n) is 3.13. The van der Waals surface area contributed by atoms with Gasteiger partial charge in [-0.3, -0.25) is 0 Å². The van der Waals surface area contributed by atoms with Crippen LogP contribution in [0.4, 0.5) is 0 Å². The summed E-state index contributed by atoms with van der Waals surface area (Å²) >= 11 is 2.46. The number of fused-ring (bicyclic) bond motifs is 1. The van der Waals surface area contributed by atoms with Gasteiger partial charge in [-0.2, -0.15) is 0 Å². The van der Waals surface area contributed by atoms with Crippen LogP contribution in [0.3, 0.4) is 0 Å². The van der Waals surface area contributed by atoms with Gasteiger partial charge in [-0.25, -0.2) is 0 Å². The van der Waals surface area contributed by atoms with Crippen molar-refractivity contribution in [2.75, 3.05) is 0 Å². The minimum Gasteiger partial charge on any atom is -0.336 e. The van der Waals surface area contributed by atoms with E-state index in [9.17, 15) is 0 Å².